The van der Waals surface area contributed by atoms with E-state index in [-0.39, 0.29) is 28.9 Å². The van der Waals surface area contributed by atoms with E-state index in [4.69, 9.17) is 16.2 Å². The maximum absolute atomic E-state index is 13.8. The Morgan fingerprint density at radius 1 is 1.12 bits per heavy atom. The highest BCUT2D eigenvalue weighted by Gasteiger charge is 2.37. The van der Waals surface area contributed by atoms with Gasteiger partial charge in [0.15, 0.2) is 17.3 Å². The van der Waals surface area contributed by atoms with E-state index in [1.165, 1.54) is 12.3 Å². The minimum atomic E-state index is -4.69. The van der Waals surface area contributed by atoms with Gasteiger partial charge >= 0.3 is 12.3 Å². The number of pyridine rings is 2. The van der Waals surface area contributed by atoms with E-state index in [0.29, 0.717) is 37.3 Å². The first-order chi connectivity index (χ1) is 18.9. The average Bonchev–Trinajstić information content (AvgIpc) is 3.74. The average molecular weight is 557 g/mol. The molecule has 3 aromatic rings. The topological polar surface area (TPSA) is 162 Å². The molecule has 3 aromatic heterocycles. The number of nitrogens with two attached hydrogens (primary N) is 2. The number of alkyl halides is 3. The SMILES string of the molecule is CC1(OC(N)=O)CCN(c2cccnc2NC(=O)c2nc(-c3nc(C4CC4)ccc3C(F)(F)F)cnc2N)CC1. The summed E-state index contributed by atoms with van der Waals surface area (Å²) >= 11 is 0. The van der Waals surface area contributed by atoms with Crippen molar-refractivity contribution in [3.05, 3.63) is 53.6 Å². The Bertz CT molecular complexity index is 1450. The Labute approximate surface area is 227 Å². The lowest BCUT2D eigenvalue weighted by Crippen LogP contribution is -2.46. The molecule has 0 spiro atoms. The molecular formula is C26H27F3N8O3. The maximum atomic E-state index is 13.8. The first-order valence-corrected chi connectivity index (χ1v) is 12.6. The van der Waals surface area contributed by atoms with Crippen LogP contribution in [0.25, 0.3) is 11.4 Å². The Kier molecular flexibility index (Phi) is 6.94. The fourth-order valence-electron chi connectivity index (χ4n) is 4.66. The van der Waals surface area contributed by atoms with Crippen molar-refractivity contribution in [3.8, 4) is 11.4 Å². The van der Waals surface area contributed by atoms with Gasteiger partial charge in [0.2, 0.25) is 0 Å². The smallest absolute Gasteiger partial charge is 0.418 e. The molecular weight excluding hydrogens is 529 g/mol. The van der Waals surface area contributed by atoms with Crippen molar-refractivity contribution in [3.63, 3.8) is 0 Å². The summed E-state index contributed by atoms with van der Waals surface area (Å²) in [7, 11) is 0. The molecule has 210 valence electrons. The van der Waals surface area contributed by atoms with E-state index in [2.05, 4.69) is 25.3 Å². The third kappa shape index (κ3) is 5.75. The fraction of sp³-hybridized carbons (Fsp3) is 0.385. The standard InChI is InChI=1S/C26H27F3N8O3/c1-25(40-24(31)39)8-11-37(12-9-25)18-3-2-10-32-22(18)36-23(38)20-21(30)33-13-17(35-20)19-15(26(27,28)29)6-7-16(34-19)14-4-5-14/h2-3,6-7,10,13-14H,4-5,8-9,11-12H2,1H3,(H2,30,33)(H2,31,39)(H,32,36,38). The summed E-state index contributed by atoms with van der Waals surface area (Å²) in [6.45, 7) is 2.77. The van der Waals surface area contributed by atoms with Crippen LogP contribution in [-0.2, 0) is 10.9 Å². The maximum Gasteiger partial charge on any atom is 0.418 e. The molecule has 14 heteroatoms. The van der Waals surface area contributed by atoms with E-state index in [1.807, 2.05) is 4.90 Å². The van der Waals surface area contributed by atoms with Gasteiger partial charge in [0.25, 0.3) is 5.91 Å². The Balaban J connectivity index is 1.41. The summed E-state index contributed by atoms with van der Waals surface area (Å²) in [5.41, 5.74) is 9.56. The minimum Gasteiger partial charge on any atom is -0.443 e. The molecule has 1 aliphatic heterocycles. The zero-order valence-corrected chi connectivity index (χ0v) is 21.5. The van der Waals surface area contributed by atoms with E-state index < -0.39 is 35.0 Å². The molecule has 1 aliphatic carbocycles. The summed E-state index contributed by atoms with van der Waals surface area (Å²) in [4.78, 5) is 43.1. The number of nitrogen functional groups attached to an aromatic ring is 1. The van der Waals surface area contributed by atoms with Crippen LogP contribution >= 0.6 is 0 Å². The van der Waals surface area contributed by atoms with Crippen LogP contribution in [0.15, 0.2) is 36.7 Å². The lowest BCUT2D eigenvalue weighted by atomic mass is 9.93. The third-order valence-electron chi connectivity index (χ3n) is 7.00. The molecule has 2 amide bonds. The second-order valence-electron chi connectivity index (χ2n) is 10.1. The van der Waals surface area contributed by atoms with Gasteiger partial charge in [-0.05, 0) is 44.0 Å². The van der Waals surface area contributed by atoms with Crippen LogP contribution < -0.4 is 21.7 Å². The molecule has 40 heavy (non-hydrogen) atoms. The third-order valence-corrected chi connectivity index (χ3v) is 7.00. The summed E-state index contributed by atoms with van der Waals surface area (Å²) in [5, 5.41) is 2.66. The molecule has 11 nitrogen and oxygen atoms in total. The van der Waals surface area contributed by atoms with E-state index in [9.17, 15) is 22.8 Å². The molecule has 5 N–H and O–H groups in total. The number of rotatable bonds is 6. The minimum absolute atomic E-state index is 0.100. The summed E-state index contributed by atoms with van der Waals surface area (Å²) in [6, 6.07) is 5.80. The van der Waals surface area contributed by atoms with Gasteiger partial charge in [-0.1, -0.05) is 0 Å². The van der Waals surface area contributed by atoms with Crippen molar-refractivity contribution < 1.29 is 27.5 Å². The molecule has 1 saturated carbocycles. The number of amides is 2. The highest BCUT2D eigenvalue weighted by atomic mass is 19.4. The number of nitrogens with zero attached hydrogens (tertiary/aromatic N) is 5. The van der Waals surface area contributed by atoms with Crippen molar-refractivity contribution in [1.82, 2.24) is 19.9 Å². The fourth-order valence-corrected chi connectivity index (χ4v) is 4.66. The predicted octanol–water partition coefficient (Wildman–Crippen LogP) is 4.12. The summed E-state index contributed by atoms with van der Waals surface area (Å²) < 4.78 is 46.7. The zero-order valence-electron chi connectivity index (χ0n) is 21.5. The number of carbonyl (C=O) groups is 2. The quantitative estimate of drug-likeness (QED) is 0.405. The molecule has 0 bridgehead atoms. The molecule has 5 rings (SSSR count). The largest absolute Gasteiger partial charge is 0.443 e. The molecule has 0 atom stereocenters. The second-order valence-corrected chi connectivity index (χ2v) is 10.1. The number of ether oxygens (including phenoxy) is 1. The summed E-state index contributed by atoms with van der Waals surface area (Å²) in [6.07, 6.45) is -0.294. The van der Waals surface area contributed by atoms with Crippen LogP contribution in [0.5, 0.6) is 0 Å². The number of anilines is 3. The van der Waals surface area contributed by atoms with Crippen molar-refractivity contribution in [1.29, 1.82) is 0 Å². The van der Waals surface area contributed by atoms with Crippen LogP contribution in [0, 0.1) is 0 Å². The monoisotopic (exact) mass is 556 g/mol. The van der Waals surface area contributed by atoms with Gasteiger partial charge in [-0.3, -0.25) is 9.78 Å². The summed E-state index contributed by atoms with van der Waals surface area (Å²) in [5.74, 6) is -0.757. The highest BCUT2D eigenvalue weighted by molar-refractivity contribution is 6.06. The van der Waals surface area contributed by atoms with E-state index >= 15 is 0 Å². The van der Waals surface area contributed by atoms with Crippen LogP contribution in [0.1, 0.15) is 60.3 Å². The predicted molar refractivity (Wildman–Crippen MR) is 139 cm³/mol. The van der Waals surface area contributed by atoms with Gasteiger partial charge in [0, 0.05) is 43.7 Å². The Hall–Kier alpha value is -4.49. The Morgan fingerprint density at radius 2 is 1.85 bits per heavy atom. The van der Waals surface area contributed by atoms with E-state index in [0.717, 1.165) is 25.1 Å². The first kappa shape index (κ1) is 27.1. The number of hydrogen-bond acceptors (Lipinski definition) is 9. The number of piperidine rings is 1. The van der Waals surface area contributed by atoms with Crippen LogP contribution in [0.4, 0.5) is 35.3 Å². The number of carbonyl (C=O) groups excluding carboxylic acids is 2. The number of aromatic nitrogens is 4. The van der Waals surface area contributed by atoms with Crippen molar-refractivity contribution in [2.75, 3.05) is 29.0 Å². The van der Waals surface area contributed by atoms with Crippen molar-refractivity contribution in [2.45, 2.75) is 50.3 Å². The number of primary amides is 1. The van der Waals surface area contributed by atoms with Gasteiger partial charge < -0.3 is 26.4 Å². The second kappa shape index (κ2) is 10.2. The van der Waals surface area contributed by atoms with Crippen LogP contribution in [0.2, 0.25) is 0 Å². The van der Waals surface area contributed by atoms with Crippen LogP contribution in [0.3, 0.4) is 0 Å². The zero-order chi connectivity index (χ0) is 28.7. The molecule has 4 heterocycles. The van der Waals surface area contributed by atoms with Gasteiger partial charge in [-0.15, -0.1) is 0 Å². The van der Waals surface area contributed by atoms with Gasteiger partial charge in [0.1, 0.15) is 17.0 Å². The van der Waals surface area contributed by atoms with Gasteiger partial charge in [0.05, 0.1) is 17.4 Å². The van der Waals surface area contributed by atoms with Crippen molar-refractivity contribution >= 4 is 29.3 Å². The lowest BCUT2D eigenvalue weighted by molar-refractivity contribution is -0.137. The molecule has 1 saturated heterocycles. The van der Waals surface area contributed by atoms with Gasteiger partial charge in [-0.25, -0.2) is 19.7 Å². The normalized spacial score (nSPS) is 16.9. The Morgan fingerprint density at radius 3 is 2.50 bits per heavy atom. The van der Waals surface area contributed by atoms with Crippen molar-refractivity contribution in [2.24, 2.45) is 5.73 Å². The van der Waals surface area contributed by atoms with E-state index in [1.54, 1.807) is 19.1 Å². The highest BCUT2D eigenvalue weighted by Crippen LogP contribution is 2.42. The molecule has 2 fully saturated rings. The number of nitrogens with one attached hydrogen (secondary N) is 1. The van der Waals surface area contributed by atoms with Gasteiger partial charge in [-0.2, -0.15) is 13.2 Å². The number of hydrogen-bond donors (Lipinski definition) is 3. The lowest BCUT2D eigenvalue weighted by Gasteiger charge is -2.39. The molecule has 0 radical (unpaired) electrons. The molecule has 2 aliphatic rings. The molecule has 0 aromatic carbocycles. The van der Waals surface area contributed by atoms with Crippen LogP contribution in [-0.4, -0.2) is 50.6 Å². The molecule has 0 unspecified atom stereocenters. The first-order valence-electron chi connectivity index (χ1n) is 12.6. The number of halogens is 3.